The van der Waals surface area contributed by atoms with Gasteiger partial charge in [-0.2, -0.15) is 0 Å². The van der Waals surface area contributed by atoms with Gasteiger partial charge in [0.05, 0.1) is 0 Å². The van der Waals surface area contributed by atoms with E-state index in [0.717, 1.165) is 24.8 Å². The van der Waals surface area contributed by atoms with E-state index in [1.807, 2.05) is 25.3 Å². The number of hydrogen-bond donors (Lipinski definition) is 1. The molecule has 1 aromatic rings. The van der Waals surface area contributed by atoms with Crippen molar-refractivity contribution in [2.24, 2.45) is 5.92 Å². The molecule has 1 N–H and O–H groups in total. The summed E-state index contributed by atoms with van der Waals surface area (Å²) in [5.41, 5.74) is 6.41. The minimum absolute atomic E-state index is 0.118. The summed E-state index contributed by atoms with van der Waals surface area (Å²) in [6.45, 7) is 16.1. The maximum atomic E-state index is 5.47. The second-order valence-corrected chi connectivity index (χ2v) is 7.78. The molecule has 0 saturated heterocycles. The van der Waals surface area contributed by atoms with Crippen molar-refractivity contribution in [1.29, 1.82) is 0 Å². The van der Waals surface area contributed by atoms with Crippen molar-refractivity contribution in [3.63, 3.8) is 0 Å². The topological polar surface area (TPSA) is 12.0 Å². The Morgan fingerprint density at radius 2 is 1.93 bits per heavy atom. The van der Waals surface area contributed by atoms with Crippen molar-refractivity contribution < 1.29 is 0 Å². The standard InChI is InChI=1S/C29H37N/c1-8-24(6)22-30-25(7)29-20-14-17-27(21-29)16-13-19-28(23(4)5)18-12-11-15-26(9-2)10-3/h2,8,10-14,17,19-22,25-26,30H,1,3,15-16,18H2,4-7H3/b12-11-,19-13-,24-22-/t25-,26+/m1/s1. The SMILES string of the molecule is C#C[C@@H](C=C)C/C=C\CC(/C=C\Cc1cccc([C@@H](C)N/C=C(/C)C=C)c1)=C(C)C. The van der Waals surface area contributed by atoms with Crippen molar-refractivity contribution >= 4 is 0 Å². The third kappa shape index (κ3) is 9.48. The molecule has 0 aliphatic carbocycles. The fourth-order valence-corrected chi connectivity index (χ4v) is 2.86. The molecule has 0 spiro atoms. The average Bonchev–Trinajstić information content (AvgIpc) is 2.75. The summed E-state index contributed by atoms with van der Waals surface area (Å²) >= 11 is 0. The lowest BCUT2D eigenvalue weighted by atomic mass is 10.0. The minimum Gasteiger partial charge on any atom is -0.384 e. The van der Waals surface area contributed by atoms with Crippen LogP contribution in [0.15, 0.2) is 96.8 Å². The molecular weight excluding hydrogens is 362 g/mol. The van der Waals surface area contributed by atoms with Gasteiger partial charge in [0.15, 0.2) is 0 Å². The molecule has 158 valence electrons. The highest BCUT2D eigenvalue weighted by Gasteiger charge is 2.03. The van der Waals surface area contributed by atoms with Crippen LogP contribution in [0.2, 0.25) is 0 Å². The van der Waals surface area contributed by atoms with E-state index >= 15 is 0 Å². The number of allylic oxidation sites excluding steroid dienone is 9. The molecule has 1 rings (SSSR count). The van der Waals surface area contributed by atoms with E-state index in [9.17, 15) is 0 Å². The Kier molecular flexibility index (Phi) is 11.8. The van der Waals surface area contributed by atoms with Crippen LogP contribution in [0.25, 0.3) is 0 Å². The van der Waals surface area contributed by atoms with Crippen LogP contribution in [-0.2, 0) is 6.42 Å². The van der Waals surface area contributed by atoms with Crippen LogP contribution < -0.4 is 5.32 Å². The summed E-state index contributed by atoms with van der Waals surface area (Å²) in [4.78, 5) is 0. The molecule has 0 fully saturated rings. The smallest absolute Gasteiger partial charge is 0.0480 e. The molecule has 0 heterocycles. The molecule has 30 heavy (non-hydrogen) atoms. The van der Waals surface area contributed by atoms with Gasteiger partial charge in [-0.1, -0.05) is 78.8 Å². The number of rotatable bonds is 12. The molecule has 1 nitrogen and oxygen atoms in total. The quantitative estimate of drug-likeness (QED) is 0.216. The van der Waals surface area contributed by atoms with E-state index < -0.39 is 0 Å². The first-order valence-electron chi connectivity index (χ1n) is 10.6. The van der Waals surface area contributed by atoms with E-state index in [0.29, 0.717) is 0 Å². The van der Waals surface area contributed by atoms with Crippen molar-refractivity contribution in [2.75, 3.05) is 0 Å². The van der Waals surface area contributed by atoms with Gasteiger partial charge < -0.3 is 5.32 Å². The maximum absolute atomic E-state index is 5.47. The summed E-state index contributed by atoms with van der Waals surface area (Å²) in [6, 6.07) is 9.01. The van der Waals surface area contributed by atoms with E-state index in [-0.39, 0.29) is 12.0 Å². The lowest BCUT2D eigenvalue weighted by Crippen LogP contribution is -2.12. The van der Waals surface area contributed by atoms with Crippen molar-refractivity contribution in [3.05, 3.63) is 108 Å². The molecule has 0 aromatic heterocycles. The molecular formula is C29H37N. The van der Waals surface area contributed by atoms with Gasteiger partial charge in [-0.05, 0) is 75.4 Å². The summed E-state index contributed by atoms with van der Waals surface area (Å²) < 4.78 is 0. The van der Waals surface area contributed by atoms with Gasteiger partial charge in [0.25, 0.3) is 0 Å². The van der Waals surface area contributed by atoms with Gasteiger partial charge >= 0.3 is 0 Å². The van der Waals surface area contributed by atoms with Crippen LogP contribution >= 0.6 is 0 Å². The van der Waals surface area contributed by atoms with Gasteiger partial charge in [-0.3, -0.25) is 0 Å². The van der Waals surface area contributed by atoms with Crippen LogP contribution in [0.5, 0.6) is 0 Å². The Balaban J connectivity index is 2.71. The highest BCUT2D eigenvalue weighted by atomic mass is 14.9. The molecule has 1 heteroatoms. The molecule has 2 atom stereocenters. The van der Waals surface area contributed by atoms with E-state index in [4.69, 9.17) is 6.42 Å². The first-order chi connectivity index (χ1) is 14.4. The zero-order valence-corrected chi connectivity index (χ0v) is 19.1. The summed E-state index contributed by atoms with van der Waals surface area (Å²) in [5, 5.41) is 3.43. The Morgan fingerprint density at radius 1 is 1.17 bits per heavy atom. The monoisotopic (exact) mass is 399 g/mol. The predicted molar refractivity (Wildman–Crippen MR) is 134 cm³/mol. The number of nitrogens with one attached hydrogen (secondary N) is 1. The second kappa shape index (κ2) is 14.1. The largest absolute Gasteiger partial charge is 0.384 e. The summed E-state index contributed by atoms with van der Waals surface area (Å²) in [7, 11) is 0. The highest BCUT2D eigenvalue weighted by Crippen LogP contribution is 2.17. The van der Waals surface area contributed by atoms with Crippen LogP contribution in [0, 0.1) is 18.3 Å². The maximum Gasteiger partial charge on any atom is 0.0480 e. The molecule has 0 amide bonds. The van der Waals surface area contributed by atoms with Crippen molar-refractivity contribution in [3.8, 4) is 12.3 Å². The molecule has 1 aromatic carbocycles. The normalized spacial score (nSPS) is 13.6. The molecule has 0 bridgehead atoms. The summed E-state index contributed by atoms with van der Waals surface area (Å²) in [6.07, 6.45) is 22.7. The minimum atomic E-state index is 0.118. The third-order valence-corrected chi connectivity index (χ3v) is 5.04. The van der Waals surface area contributed by atoms with Crippen molar-refractivity contribution in [2.45, 2.75) is 53.0 Å². The zero-order valence-electron chi connectivity index (χ0n) is 19.1. The Bertz CT molecular complexity index is 851. The van der Waals surface area contributed by atoms with Gasteiger partial charge in [0.1, 0.15) is 0 Å². The fraction of sp³-hybridized carbons (Fsp3) is 0.310. The van der Waals surface area contributed by atoms with Gasteiger partial charge in [0.2, 0.25) is 0 Å². The first-order valence-corrected chi connectivity index (χ1v) is 10.6. The molecule has 0 aliphatic heterocycles. The Morgan fingerprint density at radius 3 is 2.57 bits per heavy atom. The molecule has 0 radical (unpaired) electrons. The number of terminal acetylenes is 1. The fourth-order valence-electron chi connectivity index (χ4n) is 2.86. The van der Waals surface area contributed by atoms with Crippen molar-refractivity contribution in [1.82, 2.24) is 5.32 Å². The van der Waals surface area contributed by atoms with Crippen LogP contribution in [0.4, 0.5) is 0 Å². The number of benzene rings is 1. The molecule has 0 unspecified atom stereocenters. The zero-order chi connectivity index (χ0) is 22.4. The van der Waals surface area contributed by atoms with Gasteiger partial charge in [0, 0.05) is 12.0 Å². The predicted octanol–water partition coefficient (Wildman–Crippen LogP) is 7.63. The summed E-state index contributed by atoms with van der Waals surface area (Å²) in [5.74, 6) is 2.85. The van der Waals surface area contributed by atoms with E-state index in [2.05, 4.69) is 93.7 Å². The Labute approximate surface area is 184 Å². The lowest BCUT2D eigenvalue weighted by molar-refractivity contribution is 0.682. The van der Waals surface area contributed by atoms with Gasteiger partial charge in [-0.25, -0.2) is 0 Å². The third-order valence-electron chi connectivity index (χ3n) is 5.04. The highest BCUT2D eigenvalue weighted by molar-refractivity contribution is 5.31. The van der Waals surface area contributed by atoms with E-state index in [1.54, 1.807) is 0 Å². The van der Waals surface area contributed by atoms with Crippen LogP contribution in [0.3, 0.4) is 0 Å². The molecule has 0 aliphatic rings. The van der Waals surface area contributed by atoms with E-state index in [1.165, 1.54) is 22.3 Å². The van der Waals surface area contributed by atoms with Crippen LogP contribution in [0.1, 0.15) is 57.7 Å². The number of hydrogen-bond acceptors (Lipinski definition) is 1. The first kappa shape index (κ1) is 25.1. The lowest BCUT2D eigenvalue weighted by Gasteiger charge is -2.14. The average molecular weight is 400 g/mol. The van der Waals surface area contributed by atoms with Crippen LogP contribution in [-0.4, -0.2) is 0 Å². The molecule has 0 saturated carbocycles. The second-order valence-electron chi connectivity index (χ2n) is 7.78. The Hall–Kier alpha value is -2.98. The van der Waals surface area contributed by atoms with Gasteiger partial charge in [-0.15, -0.1) is 13.0 Å².